The quantitative estimate of drug-likeness (QED) is 0.306. The van der Waals surface area contributed by atoms with Gasteiger partial charge in [-0.25, -0.2) is 0 Å². The SMILES string of the molecule is CC(C)CNC(=O)[C@H](Cc1ccccc1)N(Cc1cccc(Br)c1)C(=O)CSc1ccccc1. The van der Waals surface area contributed by atoms with E-state index in [2.05, 4.69) is 35.1 Å². The molecular weight excluding hydrogens is 508 g/mol. The number of rotatable bonds is 11. The fraction of sp³-hybridized carbons (Fsp3) is 0.286. The van der Waals surface area contributed by atoms with Gasteiger partial charge in [0.25, 0.3) is 0 Å². The van der Waals surface area contributed by atoms with Crippen molar-refractivity contribution in [3.05, 3.63) is 101 Å². The second kappa shape index (κ2) is 13.4. The molecular formula is C28H31BrN2O2S. The maximum Gasteiger partial charge on any atom is 0.243 e. The van der Waals surface area contributed by atoms with Crippen LogP contribution >= 0.6 is 27.7 Å². The zero-order chi connectivity index (χ0) is 24.3. The van der Waals surface area contributed by atoms with Crippen LogP contribution in [0, 0.1) is 5.92 Å². The number of amides is 2. The number of carbonyl (C=O) groups excluding carboxylic acids is 2. The van der Waals surface area contributed by atoms with Crippen molar-refractivity contribution >= 4 is 39.5 Å². The van der Waals surface area contributed by atoms with Crippen LogP contribution in [0.5, 0.6) is 0 Å². The van der Waals surface area contributed by atoms with E-state index in [1.54, 1.807) is 4.90 Å². The lowest BCUT2D eigenvalue weighted by molar-refractivity contribution is -0.139. The minimum Gasteiger partial charge on any atom is -0.354 e. The van der Waals surface area contributed by atoms with Crippen LogP contribution in [0.1, 0.15) is 25.0 Å². The monoisotopic (exact) mass is 538 g/mol. The zero-order valence-corrected chi connectivity index (χ0v) is 22.0. The van der Waals surface area contributed by atoms with Crippen molar-refractivity contribution in [2.45, 2.75) is 37.8 Å². The number of hydrogen-bond acceptors (Lipinski definition) is 3. The molecule has 0 unspecified atom stereocenters. The molecule has 1 N–H and O–H groups in total. The third kappa shape index (κ3) is 8.33. The largest absolute Gasteiger partial charge is 0.354 e. The average Bonchev–Trinajstić information content (AvgIpc) is 2.84. The van der Waals surface area contributed by atoms with Gasteiger partial charge >= 0.3 is 0 Å². The number of nitrogens with zero attached hydrogens (tertiary/aromatic N) is 1. The summed E-state index contributed by atoms with van der Waals surface area (Å²) in [5.74, 6) is 0.407. The maximum absolute atomic E-state index is 13.6. The van der Waals surface area contributed by atoms with Gasteiger partial charge in [-0.05, 0) is 41.3 Å². The molecule has 1 atom stereocenters. The lowest BCUT2D eigenvalue weighted by atomic mass is 10.0. The van der Waals surface area contributed by atoms with Crippen molar-refractivity contribution in [3.63, 3.8) is 0 Å². The van der Waals surface area contributed by atoms with Crippen LogP contribution < -0.4 is 5.32 Å². The van der Waals surface area contributed by atoms with Gasteiger partial charge in [0.15, 0.2) is 0 Å². The number of nitrogens with one attached hydrogen (secondary N) is 1. The van der Waals surface area contributed by atoms with Gasteiger partial charge in [0.1, 0.15) is 6.04 Å². The summed E-state index contributed by atoms with van der Waals surface area (Å²) in [5, 5.41) is 3.06. The van der Waals surface area contributed by atoms with Crippen LogP contribution in [-0.2, 0) is 22.6 Å². The molecule has 3 aromatic carbocycles. The van der Waals surface area contributed by atoms with Crippen molar-refractivity contribution in [1.29, 1.82) is 0 Å². The predicted molar refractivity (Wildman–Crippen MR) is 144 cm³/mol. The van der Waals surface area contributed by atoms with E-state index >= 15 is 0 Å². The number of hydrogen-bond donors (Lipinski definition) is 1. The molecule has 0 aromatic heterocycles. The van der Waals surface area contributed by atoms with E-state index in [1.165, 1.54) is 11.8 Å². The Bertz CT molecular complexity index is 1060. The molecule has 0 saturated carbocycles. The number of thioether (sulfide) groups is 1. The third-order valence-electron chi connectivity index (χ3n) is 5.30. The van der Waals surface area contributed by atoms with Crippen molar-refractivity contribution in [3.8, 4) is 0 Å². The van der Waals surface area contributed by atoms with Gasteiger partial charge < -0.3 is 10.2 Å². The molecule has 0 heterocycles. The highest BCUT2D eigenvalue weighted by Gasteiger charge is 2.30. The Kier molecular flexibility index (Phi) is 10.2. The van der Waals surface area contributed by atoms with E-state index < -0.39 is 6.04 Å². The molecule has 3 rings (SSSR count). The molecule has 0 radical (unpaired) electrons. The summed E-state index contributed by atoms with van der Waals surface area (Å²) in [6.07, 6.45) is 0.459. The number of halogens is 1. The summed E-state index contributed by atoms with van der Waals surface area (Å²) >= 11 is 5.02. The first-order valence-corrected chi connectivity index (χ1v) is 13.2. The minimum absolute atomic E-state index is 0.0607. The summed E-state index contributed by atoms with van der Waals surface area (Å²) in [6.45, 7) is 5.06. The maximum atomic E-state index is 13.6. The smallest absolute Gasteiger partial charge is 0.243 e. The van der Waals surface area contributed by atoms with Gasteiger partial charge in [-0.3, -0.25) is 9.59 Å². The normalized spacial score (nSPS) is 11.8. The topological polar surface area (TPSA) is 49.4 Å². The lowest BCUT2D eigenvalue weighted by Gasteiger charge is -2.32. The second-order valence-corrected chi connectivity index (χ2v) is 10.6. The molecule has 34 heavy (non-hydrogen) atoms. The number of carbonyl (C=O) groups is 2. The fourth-order valence-electron chi connectivity index (χ4n) is 3.55. The van der Waals surface area contributed by atoms with E-state index in [9.17, 15) is 9.59 Å². The molecule has 3 aromatic rings. The van der Waals surface area contributed by atoms with E-state index in [0.29, 0.717) is 25.4 Å². The molecule has 6 heteroatoms. The summed E-state index contributed by atoms with van der Waals surface area (Å²) in [4.78, 5) is 29.8. The molecule has 2 amide bonds. The Morgan fingerprint density at radius 3 is 2.21 bits per heavy atom. The van der Waals surface area contributed by atoms with E-state index in [4.69, 9.17) is 0 Å². The van der Waals surface area contributed by atoms with E-state index in [1.807, 2.05) is 84.9 Å². The van der Waals surface area contributed by atoms with Crippen LogP contribution in [0.3, 0.4) is 0 Å². The van der Waals surface area contributed by atoms with Gasteiger partial charge in [-0.1, -0.05) is 90.4 Å². The van der Waals surface area contributed by atoms with Gasteiger partial charge in [0.2, 0.25) is 11.8 Å². The summed E-state index contributed by atoms with van der Waals surface area (Å²) in [6, 6.07) is 27.0. The lowest BCUT2D eigenvalue weighted by Crippen LogP contribution is -2.51. The van der Waals surface area contributed by atoms with Crippen molar-refractivity contribution < 1.29 is 9.59 Å². The Morgan fingerprint density at radius 2 is 1.56 bits per heavy atom. The molecule has 0 spiro atoms. The Labute approximate surface area is 215 Å². The van der Waals surface area contributed by atoms with Crippen LogP contribution in [-0.4, -0.2) is 35.1 Å². The molecule has 0 aliphatic rings. The summed E-state index contributed by atoms with van der Waals surface area (Å²) in [7, 11) is 0. The first-order chi connectivity index (χ1) is 16.4. The molecule has 0 aliphatic heterocycles. The van der Waals surface area contributed by atoms with E-state index in [-0.39, 0.29) is 17.6 Å². The highest BCUT2D eigenvalue weighted by molar-refractivity contribution is 9.10. The minimum atomic E-state index is -0.607. The highest BCUT2D eigenvalue weighted by atomic mass is 79.9. The number of benzene rings is 3. The van der Waals surface area contributed by atoms with Crippen LogP contribution in [0.15, 0.2) is 94.3 Å². The molecule has 0 fully saturated rings. The first kappa shape index (κ1) is 26.0. The average molecular weight is 540 g/mol. The van der Waals surface area contributed by atoms with Crippen LogP contribution in [0.4, 0.5) is 0 Å². The molecule has 0 saturated heterocycles. The Balaban J connectivity index is 1.89. The second-order valence-electron chi connectivity index (χ2n) is 8.60. The standard InChI is InChI=1S/C28H31BrN2O2S/c1-21(2)18-30-28(33)26(17-22-10-5-3-6-11-22)31(19-23-12-9-13-24(29)16-23)27(32)20-34-25-14-7-4-8-15-25/h3-16,21,26H,17-20H2,1-2H3,(H,30,33)/t26-/m0/s1. The van der Waals surface area contributed by atoms with Gasteiger partial charge in [0.05, 0.1) is 5.75 Å². The van der Waals surface area contributed by atoms with Crippen molar-refractivity contribution in [1.82, 2.24) is 10.2 Å². The van der Waals surface area contributed by atoms with Crippen molar-refractivity contribution in [2.75, 3.05) is 12.3 Å². The van der Waals surface area contributed by atoms with E-state index in [0.717, 1.165) is 20.5 Å². The predicted octanol–water partition coefficient (Wildman–Crippen LogP) is 5.95. The molecule has 178 valence electrons. The Morgan fingerprint density at radius 1 is 0.912 bits per heavy atom. The highest BCUT2D eigenvalue weighted by Crippen LogP contribution is 2.22. The molecule has 0 bridgehead atoms. The van der Waals surface area contributed by atoms with Crippen molar-refractivity contribution in [2.24, 2.45) is 5.92 Å². The molecule has 4 nitrogen and oxygen atoms in total. The van der Waals surface area contributed by atoms with Gasteiger partial charge in [0, 0.05) is 28.9 Å². The summed E-state index contributed by atoms with van der Waals surface area (Å²) in [5.41, 5.74) is 2.00. The Hall–Kier alpha value is -2.57. The van der Waals surface area contributed by atoms with Gasteiger partial charge in [-0.2, -0.15) is 0 Å². The summed E-state index contributed by atoms with van der Waals surface area (Å²) < 4.78 is 0.944. The van der Waals surface area contributed by atoms with Crippen LogP contribution in [0.25, 0.3) is 0 Å². The molecule has 0 aliphatic carbocycles. The first-order valence-electron chi connectivity index (χ1n) is 11.5. The fourth-order valence-corrected chi connectivity index (χ4v) is 4.81. The van der Waals surface area contributed by atoms with Crippen LogP contribution in [0.2, 0.25) is 0 Å². The third-order valence-corrected chi connectivity index (χ3v) is 6.79. The zero-order valence-electron chi connectivity index (χ0n) is 19.6. The van der Waals surface area contributed by atoms with Gasteiger partial charge in [-0.15, -0.1) is 11.8 Å².